The number of carbonyl (C=O) groups is 2. The predicted octanol–water partition coefficient (Wildman–Crippen LogP) is 5.42. The summed E-state index contributed by atoms with van der Waals surface area (Å²) in [5.74, 6) is -0.715. The molecule has 3 aromatic carbocycles. The van der Waals surface area contributed by atoms with Gasteiger partial charge in [0, 0.05) is 24.0 Å². The Morgan fingerprint density at radius 2 is 1.61 bits per heavy atom. The number of nitrogens with one attached hydrogen (secondary N) is 1. The summed E-state index contributed by atoms with van der Waals surface area (Å²) in [5, 5.41) is 3.68. The van der Waals surface area contributed by atoms with Crippen LogP contribution in [0.15, 0.2) is 72.8 Å². The van der Waals surface area contributed by atoms with E-state index in [0.717, 1.165) is 58.5 Å². The van der Waals surface area contributed by atoms with Gasteiger partial charge in [-0.3, -0.25) is 13.9 Å². The summed E-state index contributed by atoms with van der Waals surface area (Å²) in [5.41, 5.74) is 3.77. The second-order valence-electron chi connectivity index (χ2n) is 10.8. The molecule has 1 aliphatic carbocycles. The second kappa shape index (κ2) is 13.5. The lowest BCUT2D eigenvalue weighted by molar-refractivity contribution is -0.140. The zero-order valence-corrected chi connectivity index (χ0v) is 25.4. The molecule has 1 N–H and O–H groups in total. The van der Waals surface area contributed by atoms with Crippen molar-refractivity contribution in [1.82, 2.24) is 10.2 Å². The largest absolute Gasteiger partial charge is 0.352 e. The van der Waals surface area contributed by atoms with Crippen LogP contribution < -0.4 is 9.62 Å². The molecule has 218 valence electrons. The maximum absolute atomic E-state index is 14.2. The maximum atomic E-state index is 14.2. The molecule has 0 aromatic heterocycles. The summed E-state index contributed by atoms with van der Waals surface area (Å²) in [7, 11) is -3.82. The van der Waals surface area contributed by atoms with Crippen molar-refractivity contribution in [3.8, 4) is 0 Å². The summed E-state index contributed by atoms with van der Waals surface area (Å²) in [4.78, 5) is 29.6. The van der Waals surface area contributed by atoms with Gasteiger partial charge in [0.1, 0.15) is 12.6 Å². The van der Waals surface area contributed by atoms with Crippen LogP contribution >= 0.6 is 11.6 Å². The summed E-state index contributed by atoms with van der Waals surface area (Å²) < 4.78 is 27.2. The molecule has 0 heterocycles. The number of nitrogens with zero attached hydrogens (tertiary/aromatic N) is 2. The number of aryl methyl sites for hydroxylation is 1. The van der Waals surface area contributed by atoms with E-state index < -0.39 is 28.5 Å². The molecule has 0 bridgehead atoms. The van der Waals surface area contributed by atoms with Crippen molar-refractivity contribution in [2.24, 2.45) is 0 Å². The minimum atomic E-state index is -3.82. The highest BCUT2D eigenvalue weighted by molar-refractivity contribution is 7.92. The van der Waals surface area contributed by atoms with Gasteiger partial charge in [0.2, 0.25) is 21.8 Å². The SMILES string of the molecule is Cc1cccc(N(CC(=O)N(Cc2cccc(Cl)c2)C(Cc2ccccc2)C(=O)NC2CCCC2)S(C)(=O)=O)c1C. The Hall–Kier alpha value is -3.36. The molecule has 7 nitrogen and oxygen atoms in total. The van der Waals surface area contributed by atoms with Crippen LogP contribution in [0.3, 0.4) is 0 Å². The van der Waals surface area contributed by atoms with Gasteiger partial charge < -0.3 is 10.2 Å². The number of amides is 2. The summed E-state index contributed by atoms with van der Waals surface area (Å²) in [6.07, 6.45) is 5.30. The molecule has 0 spiro atoms. The Balaban J connectivity index is 1.74. The monoisotopic (exact) mass is 595 g/mol. The van der Waals surface area contributed by atoms with Crippen LogP contribution in [0.25, 0.3) is 0 Å². The minimum absolute atomic E-state index is 0.0614. The first-order valence-corrected chi connectivity index (χ1v) is 16.2. The Morgan fingerprint density at radius 3 is 2.27 bits per heavy atom. The Morgan fingerprint density at radius 1 is 0.951 bits per heavy atom. The van der Waals surface area contributed by atoms with E-state index in [-0.39, 0.29) is 24.9 Å². The van der Waals surface area contributed by atoms with Gasteiger partial charge in [0.05, 0.1) is 11.9 Å². The first-order chi connectivity index (χ1) is 19.5. The van der Waals surface area contributed by atoms with E-state index in [0.29, 0.717) is 10.7 Å². The zero-order valence-electron chi connectivity index (χ0n) is 23.8. The van der Waals surface area contributed by atoms with E-state index >= 15 is 0 Å². The lowest BCUT2D eigenvalue weighted by atomic mass is 10.0. The third kappa shape index (κ3) is 8.11. The average Bonchev–Trinajstić information content (AvgIpc) is 3.44. The molecular formula is C32H38ClN3O4S. The number of hydrogen-bond acceptors (Lipinski definition) is 4. The summed E-state index contributed by atoms with van der Waals surface area (Å²) in [6.45, 7) is 3.39. The lowest BCUT2D eigenvalue weighted by Gasteiger charge is -2.34. The standard InChI is InChI=1S/C32H38ClN3O4S/c1-23-11-9-18-29(24(23)2)36(41(3,39)40)22-31(37)35(21-26-14-10-15-27(33)19-26)30(20-25-12-5-4-6-13-25)32(38)34-28-16-7-8-17-28/h4-6,9-15,18-19,28,30H,7-8,16-17,20-22H2,1-3H3,(H,34,38). The van der Waals surface area contributed by atoms with Crippen molar-refractivity contribution >= 4 is 39.1 Å². The van der Waals surface area contributed by atoms with E-state index in [1.54, 1.807) is 30.3 Å². The molecule has 3 aromatic rings. The third-order valence-electron chi connectivity index (χ3n) is 7.74. The first-order valence-electron chi connectivity index (χ1n) is 13.9. The zero-order chi connectivity index (χ0) is 29.6. The van der Waals surface area contributed by atoms with Crippen LogP contribution in [-0.2, 0) is 32.6 Å². The Labute approximate surface area is 248 Å². The molecule has 2 amide bonds. The summed E-state index contributed by atoms with van der Waals surface area (Å²) >= 11 is 6.28. The normalized spacial score (nSPS) is 14.4. The van der Waals surface area contributed by atoms with Gasteiger partial charge in [-0.05, 0) is 67.1 Å². The summed E-state index contributed by atoms with van der Waals surface area (Å²) in [6, 6.07) is 21.3. The van der Waals surface area contributed by atoms with Crippen LogP contribution in [-0.4, -0.2) is 50.0 Å². The molecule has 41 heavy (non-hydrogen) atoms. The van der Waals surface area contributed by atoms with Crippen LogP contribution in [0.1, 0.15) is 47.9 Å². The highest BCUT2D eigenvalue weighted by Gasteiger charge is 2.34. The fourth-order valence-corrected chi connectivity index (χ4v) is 6.47. The van der Waals surface area contributed by atoms with Crippen LogP contribution in [0.2, 0.25) is 5.02 Å². The highest BCUT2D eigenvalue weighted by Crippen LogP contribution is 2.26. The molecule has 0 saturated heterocycles. The van der Waals surface area contributed by atoms with E-state index in [9.17, 15) is 18.0 Å². The van der Waals surface area contributed by atoms with Crippen molar-refractivity contribution in [2.45, 2.75) is 64.6 Å². The van der Waals surface area contributed by atoms with E-state index in [1.165, 1.54) is 4.90 Å². The van der Waals surface area contributed by atoms with Gasteiger partial charge in [0.15, 0.2) is 0 Å². The molecule has 0 aliphatic heterocycles. The Bertz CT molecular complexity index is 1470. The van der Waals surface area contributed by atoms with Crippen LogP contribution in [0, 0.1) is 13.8 Å². The van der Waals surface area contributed by atoms with Gasteiger partial charge in [-0.1, -0.05) is 79.0 Å². The molecule has 1 fully saturated rings. The van der Waals surface area contributed by atoms with Gasteiger partial charge in [-0.2, -0.15) is 0 Å². The molecule has 4 rings (SSSR count). The molecule has 1 saturated carbocycles. The topological polar surface area (TPSA) is 86.8 Å². The molecule has 1 aliphatic rings. The van der Waals surface area contributed by atoms with Gasteiger partial charge >= 0.3 is 0 Å². The number of halogens is 1. The van der Waals surface area contributed by atoms with Gasteiger partial charge in [-0.25, -0.2) is 8.42 Å². The highest BCUT2D eigenvalue weighted by atomic mass is 35.5. The molecule has 9 heteroatoms. The van der Waals surface area contributed by atoms with Crippen molar-refractivity contribution in [2.75, 3.05) is 17.1 Å². The number of carbonyl (C=O) groups excluding carboxylic acids is 2. The predicted molar refractivity (Wildman–Crippen MR) is 164 cm³/mol. The first kappa shape index (κ1) is 30.6. The number of rotatable bonds is 11. The molecule has 1 unspecified atom stereocenters. The Kier molecular flexibility index (Phi) is 10.1. The van der Waals surface area contributed by atoms with Crippen LogP contribution in [0.4, 0.5) is 5.69 Å². The fourth-order valence-electron chi connectivity index (χ4n) is 5.35. The number of anilines is 1. The fraction of sp³-hybridized carbons (Fsp3) is 0.375. The van der Waals surface area contributed by atoms with E-state index in [2.05, 4.69) is 5.32 Å². The number of hydrogen-bond donors (Lipinski definition) is 1. The van der Waals surface area contributed by atoms with E-state index in [1.807, 2.05) is 56.3 Å². The van der Waals surface area contributed by atoms with Crippen molar-refractivity contribution in [1.29, 1.82) is 0 Å². The lowest BCUT2D eigenvalue weighted by Crippen LogP contribution is -2.54. The van der Waals surface area contributed by atoms with Gasteiger partial charge in [-0.15, -0.1) is 0 Å². The maximum Gasteiger partial charge on any atom is 0.244 e. The van der Waals surface area contributed by atoms with E-state index in [4.69, 9.17) is 11.6 Å². The number of sulfonamides is 1. The molecule has 0 radical (unpaired) electrons. The van der Waals surface area contributed by atoms with Crippen molar-refractivity contribution in [3.63, 3.8) is 0 Å². The molecule has 1 atom stereocenters. The smallest absolute Gasteiger partial charge is 0.244 e. The van der Waals surface area contributed by atoms with Crippen LogP contribution in [0.5, 0.6) is 0 Å². The van der Waals surface area contributed by atoms with Gasteiger partial charge in [0.25, 0.3) is 0 Å². The quantitative estimate of drug-likeness (QED) is 0.321. The second-order valence-corrected chi connectivity index (χ2v) is 13.2. The number of benzene rings is 3. The van der Waals surface area contributed by atoms with Crippen molar-refractivity contribution in [3.05, 3.63) is 100 Å². The molecular weight excluding hydrogens is 558 g/mol. The average molecular weight is 596 g/mol. The van der Waals surface area contributed by atoms with Crippen molar-refractivity contribution < 1.29 is 18.0 Å². The third-order valence-corrected chi connectivity index (χ3v) is 9.10. The minimum Gasteiger partial charge on any atom is -0.352 e.